The highest BCUT2D eigenvalue weighted by atomic mass is 35.5. The van der Waals surface area contributed by atoms with Gasteiger partial charge in [-0.05, 0) is 81.3 Å². The molecule has 0 aliphatic carbocycles. The predicted octanol–water partition coefficient (Wildman–Crippen LogP) is 6.55. The summed E-state index contributed by atoms with van der Waals surface area (Å²) in [6, 6.07) is 23.9. The molecule has 0 saturated carbocycles. The van der Waals surface area contributed by atoms with Crippen LogP contribution in [0.5, 0.6) is 11.5 Å². The summed E-state index contributed by atoms with van der Waals surface area (Å²) in [6.07, 6.45) is -0.0561. The Kier molecular flexibility index (Phi) is 9.22. The van der Waals surface area contributed by atoms with Crippen molar-refractivity contribution >= 4 is 41.0 Å². The van der Waals surface area contributed by atoms with Crippen molar-refractivity contribution in [3.8, 4) is 11.5 Å². The molecule has 39 heavy (non-hydrogen) atoms. The Bertz CT molecular complexity index is 1380. The van der Waals surface area contributed by atoms with Gasteiger partial charge >= 0.3 is 0 Å². The number of rotatable bonds is 11. The summed E-state index contributed by atoms with van der Waals surface area (Å²) in [5, 5.41) is 7.15. The minimum Gasteiger partial charge on any atom is -0.481 e. The van der Waals surface area contributed by atoms with Crippen LogP contribution >= 0.6 is 23.2 Å². The van der Waals surface area contributed by atoms with Crippen LogP contribution in [-0.2, 0) is 16.8 Å². The molecule has 202 valence electrons. The largest absolute Gasteiger partial charge is 0.481 e. The molecule has 4 rings (SSSR count). The number of halogens is 2. The van der Waals surface area contributed by atoms with Crippen LogP contribution in [0.15, 0.2) is 78.9 Å². The van der Waals surface area contributed by atoms with E-state index >= 15 is 0 Å². The number of amides is 1. The molecular formula is C29H29Cl2N5O3. The Morgan fingerprint density at radius 3 is 2.08 bits per heavy atom. The predicted molar refractivity (Wildman–Crippen MR) is 154 cm³/mol. The Morgan fingerprint density at radius 1 is 0.846 bits per heavy atom. The van der Waals surface area contributed by atoms with Gasteiger partial charge in [-0.1, -0.05) is 53.5 Å². The summed E-state index contributed by atoms with van der Waals surface area (Å²) >= 11 is 11.9. The zero-order valence-electron chi connectivity index (χ0n) is 21.8. The summed E-state index contributed by atoms with van der Waals surface area (Å²) in [5.41, 5.74) is 0.213. The molecule has 0 aliphatic rings. The molecule has 0 saturated heterocycles. The van der Waals surface area contributed by atoms with Gasteiger partial charge < -0.3 is 14.8 Å². The van der Waals surface area contributed by atoms with Crippen molar-refractivity contribution in [1.29, 1.82) is 0 Å². The van der Waals surface area contributed by atoms with Crippen LogP contribution in [0.2, 0.25) is 10.0 Å². The van der Waals surface area contributed by atoms with Crippen molar-refractivity contribution in [2.45, 2.75) is 38.9 Å². The van der Waals surface area contributed by atoms with E-state index in [1.807, 2.05) is 32.0 Å². The van der Waals surface area contributed by atoms with Crippen LogP contribution in [-0.4, -0.2) is 33.5 Å². The minimum absolute atomic E-state index is 0.0755. The number of carbonyl (C=O) groups excluding carboxylic acids is 1. The van der Waals surface area contributed by atoms with Crippen LogP contribution in [0.3, 0.4) is 0 Å². The van der Waals surface area contributed by atoms with Crippen molar-refractivity contribution in [3.05, 3.63) is 100 Å². The molecule has 1 unspecified atom stereocenters. The number of hydrogen-bond acceptors (Lipinski definition) is 7. The van der Waals surface area contributed by atoms with E-state index in [1.165, 1.54) is 5.56 Å². The average molecular weight is 566 g/mol. The van der Waals surface area contributed by atoms with E-state index in [9.17, 15) is 4.79 Å². The van der Waals surface area contributed by atoms with Crippen LogP contribution in [0, 0.1) is 0 Å². The molecule has 3 aromatic carbocycles. The number of anilines is 2. The van der Waals surface area contributed by atoms with Crippen molar-refractivity contribution < 1.29 is 14.3 Å². The maximum absolute atomic E-state index is 13.0. The van der Waals surface area contributed by atoms with E-state index in [0.717, 1.165) is 6.42 Å². The smallest absolute Gasteiger partial charge is 0.267 e. The molecule has 0 radical (unpaired) electrons. The Hall–Kier alpha value is -3.88. The van der Waals surface area contributed by atoms with Crippen molar-refractivity contribution in [2.75, 3.05) is 17.2 Å². The van der Waals surface area contributed by atoms with Gasteiger partial charge in [0.2, 0.25) is 11.9 Å². The first-order chi connectivity index (χ1) is 18.7. The van der Waals surface area contributed by atoms with Gasteiger partial charge in [0, 0.05) is 16.6 Å². The number of aromatic nitrogens is 3. The van der Waals surface area contributed by atoms with E-state index < -0.39 is 17.6 Å². The molecule has 1 heterocycles. The fraction of sp³-hybridized carbons (Fsp3) is 0.241. The van der Waals surface area contributed by atoms with E-state index in [4.69, 9.17) is 32.7 Å². The van der Waals surface area contributed by atoms with Gasteiger partial charge in [-0.25, -0.2) is 0 Å². The summed E-state index contributed by atoms with van der Waals surface area (Å²) in [5.74, 6) is 1.40. The average Bonchev–Trinajstić information content (AvgIpc) is 2.91. The third-order valence-electron chi connectivity index (χ3n) is 5.63. The fourth-order valence-electron chi connectivity index (χ4n) is 3.57. The Balaban J connectivity index is 1.53. The van der Waals surface area contributed by atoms with E-state index in [2.05, 4.69) is 37.7 Å². The summed E-state index contributed by atoms with van der Waals surface area (Å²) in [7, 11) is 0. The molecule has 1 aromatic heterocycles. The highest BCUT2D eigenvalue weighted by Crippen LogP contribution is 2.27. The second-order valence-electron chi connectivity index (χ2n) is 9.24. The molecule has 2 N–H and O–H groups in total. The standard InChI is InChI=1S/C29H29Cl2N5O3/c1-19(38-23-13-9-21(30)10-14-23)25(37)33-28-35-26(29(2,3)39-24-15-11-22(31)12-16-24)34-27(36-28)32-18-17-20-7-5-4-6-8-20/h4-16,19H,17-18H2,1-3H3,(H2,32,33,34,35,36,37). The summed E-state index contributed by atoms with van der Waals surface area (Å²) in [6.45, 7) is 5.89. The molecule has 0 fully saturated rings. The maximum Gasteiger partial charge on any atom is 0.267 e. The quantitative estimate of drug-likeness (QED) is 0.212. The lowest BCUT2D eigenvalue weighted by Crippen LogP contribution is -2.33. The van der Waals surface area contributed by atoms with Crippen molar-refractivity contribution in [3.63, 3.8) is 0 Å². The highest BCUT2D eigenvalue weighted by Gasteiger charge is 2.29. The van der Waals surface area contributed by atoms with Gasteiger partial charge in [0.25, 0.3) is 5.91 Å². The molecule has 1 amide bonds. The summed E-state index contributed by atoms with van der Waals surface area (Å²) < 4.78 is 11.9. The third kappa shape index (κ3) is 8.30. The fourth-order valence-corrected chi connectivity index (χ4v) is 3.82. The van der Waals surface area contributed by atoms with Gasteiger partial charge in [0.1, 0.15) is 11.5 Å². The molecule has 0 spiro atoms. The first-order valence-electron chi connectivity index (χ1n) is 12.4. The molecular weight excluding hydrogens is 537 g/mol. The molecule has 1 atom stereocenters. The van der Waals surface area contributed by atoms with Gasteiger partial charge in [-0.2, -0.15) is 15.0 Å². The van der Waals surface area contributed by atoms with Crippen LogP contribution in [0.4, 0.5) is 11.9 Å². The third-order valence-corrected chi connectivity index (χ3v) is 6.13. The maximum atomic E-state index is 13.0. The van der Waals surface area contributed by atoms with E-state index in [-0.39, 0.29) is 5.95 Å². The van der Waals surface area contributed by atoms with Gasteiger partial charge in [-0.3, -0.25) is 10.1 Å². The van der Waals surface area contributed by atoms with Crippen molar-refractivity contribution in [2.24, 2.45) is 0 Å². The molecule has 10 heteroatoms. The molecule has 0 aliphatic heterocycles. The monoisotopic (exact) mass is 565 g/mol. The second-order valence-corrected chi connectivity index (χ2v) is 10.1. The van der Waals surface area contributed by atoms with E-state index in [1.54, 1.807) is 55.5 Å². The van der Waals surface area contributed by atoms with Crippen LogP contribution in [0.25, 0.3) is 0 Å². The first kappa shape index (κ1) is 28.1. The number of nitrogens with one attached hydrogen (secondary N) is 2. The zero-order chi connectivity index (χ0) is 27.8. The lowest BCUT2D eigenvalue weighted by atomic mass is 10.1. The lowest BCUT2D eigenvalue weighted by molar-refractivity contribution is -0.122. The highest BCUT2D eigenvalue weighted by molar-refractivity contribution is 6.30. The molecule has 0 bridgehead atoms. The van der Waals surface area contributed by atoms with Crippen LogP contribution < -0.4 is 20.1 Å². The number of nitrogens with zero attached hydrogens (tertiary/aromatic N) is 3. The van der Waals surface area contributed by atoms with E-state index in [0.29, 0.717) is 39.9 Å². The second kappa shape index (κ2) is 12.8. The van der Waals surface area contributed by atoms with Crippen LogP contribution in [0.1, 0.15) is 32.2 Å². The van der Waals surface area contributed by atoms with Gasteiger partial charge in [0.15, 0.2) is 17.5 Å². The van der Waals surface area contributed by atoms with Crippen molar-refractivity contribution in [1.82, 2.24) is 15.0 Å². The number of benzene rings is 3. The zero-order valence-corrected chi connectivity index (χ0v) is 23.3. The SMILES string of the molecule is CC(Oc1ccc(Cl)cc1)C(=O)Nc1nc(NCCc2ccccc2)nc(C(C)(C)Oc2ccc(Cl)cc2)n1. The minimum atomic E-state index is -0.961. The van der Waals surface area contributed by atoms with Gasteiger partial charge in [0.05, 0.1) is 0 Å². The topological polar surface area (TPSA) is 98.3 Å². The molecule has 4 aromatic rings. The number of carbonyl (C=O) groups is 1. The summed E-state index contributed by atoms with van der Waals surface area (Å²) in [4.78, 5) is 26.5. The number of hydrogen-bond donors (Lipinski definition) is 2. The lowest BCUT2D eigenvalue weighted by Gasteiger charge is -2.25. The van der Waals surface area contributed by atoms with Gasteiger partial charge in [-0.15, -0.1) is 0 Å². The first-order valence-corrected chi connectivity index (χ1v) is 13.2. The normalized spacial score (nSPS) is 11.9. The number of ether oxygens (including phenoxy) is 2. The molecule has 8 nitrogen and oxygen atoms in total. The Labute approximate surface area is 237 Å². The Morgan fingerprint density at radius 2 is 1.44 bits per heavy atom.